The fraction of sp³-hybridized carbons (Fsp3) is 0.286. The topological polar surface area (TPSA) is 84.6 Å². The summed E-state index contributed by atoms with van der Waals surface area (Å²) in [5, 5.41) is 9.66. The third kappa shape index (κ3) is 4.48. The largest absolute Gasteiger partial charge is 0.443 e. The summed E-state index contributed by atoms with van der Waals surface area (Å²) in [4.78, 5) is 21.1. The van der Waals surface area contributed by atoms with Gasteiger partial charge in [0.25, 0.3) is 17.1 Å². The highest BCUT2D eigenvalue weighted by Gasteiger charge is 2.77. The number of hydrogen-bond acceptors (Lipinski definition) is 5. The average molecular weight is 520 g/mol. The number of non-ortho nitro benzene ring substituents is 1. The van der Waals surface area contributed by atoms with E-state index in [-0.39, 0.29) is 0 Å². The first-order valence-corrected chi connectivity index (χ1v) is 8.66. The average Bonchev–Trinajstić information content (AvgIpc) is 3.00. The summed E-state index contributed by atoms with van der Waals surface area (Å²) in [5.41, 5.74) is -6.99. The molecule has 176 valence electrons. The van der Waals surface area contributed by atoms with E-state index < -0.39 is 78.8 Å². The van der Waals surface area contributed by atoms with E-state index in [9.17, 15) is 58.8 Å². The number of halogens is 11. The smallest absolute Gasteiger partial charge is 0.301 e. The Balaban J connectivity index is 2.59. The quantitative estimate of drug-likeness (QED) is 0.309. The molecule has 0 unspecified atom stereocenters. The maximum absolute atomic E-state index is 13.7. The summed E-state index contributed by atoms with van der Waals surface area (Å²) >= 11 is 4.56. The molecular formula is C14H4ClF10N3O3S. The number of nitro groups is 1. The van der Waals surface area contributed by atoms with E-state index >= 15 is 0 Å². The van der Waals surface area contributed by atoms with E-state index in [0.29, 0.717) is 18.2 Å². The van der Waals surface area contributed by atoms with Gasteiger partial charge in [0.1, 0.15) is 0 Å². The predicted molar refractivity (Wildman–Crippen MR) is 89.6 cm³/mol. The van der Waals surface area contributed by atoms with Gasteiger partial charge in [0.15, 0.2) is 5.17 Å². The molecule has 0 spiro atoms. The normalized spacial score (nSPS) is 18.3. The third-order valence-corrected chi connectivity index (χ3v) is 5.07. The molecule has 18 heteroatoms. The summed E-state index contributed by atoms with van der Waals surface area (Å²) in [6, 6.07) is 1.99. The van der Waals surface area contributed by atoms with Gasteiger partial charge in [-0.2, -0.15) is 39.5 Å². The van der Waals surface area contributed by atoms with Crippen LogP contribution in [0.2, 0.25) is 5.02 Å². The number of alkyl halides is 9. The number of carbonyl (C=O) groups excluding carboxylic acids is 1. The van der Waals surface area contributed by atoms with Gasteiger partial charge >= 0.3 is 18.5 Å². The number of thioether (sulfide) groups is 1. The van der Waals surface area contributed by atoms with E-state index in [4.69, 9.17) is 11.6 Å². The van der Waals surface area contributed by atoms with Gasteiger partial charge in [-0.15, -0.1) is 0 Å². The molecule has 0 aliphatic carbocycles. The van der Waals surface area contributed by atoms with Crippen LogP contribution in [0.15, 0.2) is 33.9 Å². The van der Waals surface area contributed by atoms with Gasteiger partial charge < -0.3 is 5.32 Å². The number of rotatable bonds is 2. The zero-order valence-corrected chi connectivity index (χ0v) is 16.0. The fourth-order valence-corrected chi connectivity index (χ4v) is 3.70. The lowest BCUT2D eigenvalue weighted by Gasteiger charge is -2.31. The van der Waals surface area contributed by atoms with Crippen molar-refractivity contribution in [2.24, 2.45) is 4.99 Å². The van der Waals surface area contributed by atoms with Crippen molar-refractivity contribution in [2.75, 3.05) is 0 Å². The summed E-state index contributed by atoms with van der Waals surface area (Å²) in [6.45, 7) is 0. The SMILES string of the molecule is O=C(NC1=NC(C(F)(F)F)(C(F)(F)F)/C(=C(\F)C(F)(F)F)S1)c1ccc([N+](=O)[O-])cc1Cl. The molecule has 0 fully saturated rings. The van der Waals surface area contributed by atoms with Crippen LogP contribution in [0.3, 0.4) is 0 Å². The van der Waals surface area contributed by atoms with Crippen LogP contribution in [-0.2, 0) is 0 Å². The molecule has 6 nitrogen and oxygen atoms in total. The van der Waals surface area contributed by atoms with Crippen LogP contribution >= 0.6 is 23.4 Å². The molecule has 0 radical (unpaired) electrons. The Morgan fingerprint density at radius 1 is 1.09 bits per heavy atom. The summed E-state index contributed by atoms with van der Waals surface area (Å²) in [5.74, 6) is -5.29. The summed E-state index contributed by atoms with van der Waals surface area (Å²) < 4.78 is 132. The molecule has 2 rings (SSSR count). The van der Waals surface area contributed by atoms with Crippen LogP contribution in [-0.4, -0.2) is 40.1 Å². The Morgan fingerprint density at radius 3 is 2.03 bits per heavy atom. The van der Waals surface area contributed by atoms with Gasteiger partial charge in [-0.05, 0) is 6.07 Å². The van der Waals surface area contributed by atoms with Crippen molar-refractivity contribution in [1.29, 1.82) is 0 Å². The van der Waals surface area contributed by atoms with Crippen molar-refractivity contribution in [2.45, 2.75) is 24.1 Å². The van der Waals surface area contributed by atoms with Gasteiger partial charge in [0.2, 0.25) is 5.83 Å². The number of amides is 1. The first-order valence-electron chi connectivity index (χ1n) is 7.47. The summed E-state index contributed by atoms with van der Waals surface area (Å²) in [7, 11) is 0. The molecular weight excluding hydrogens is 516 g/mol. The molecule has 1 aliphatic heterocycles. The minimum atomic E-state index is -6.59. The second kappa shape index (κ2) is 8.09. The van der Waals surface area contributed by atoms with E-state index in [0.717, 1.165) is 0 Å². The number of amidine groups is 1. The van der Waals surface area contributed by atoms with Crippen LogP contribution in [0, 0.1) is 10.1 Å². The Hall–Kier alpha value is -2.56. The van der Waals surface area contributed by atoms with Gasteiger partial charge in [-0.25, -0.2) is 9.38 Å². The maximum Gasteiger partial charge on any atom is 0.443 e. The van der Waals surface area contributed by atoms with E-state index in [1.165, 1.54) is 5.32 Å². The van der Waals surface area contributed by atoms with Crippen molar-refractivity contribution < 1.29 is 53.6 Å². The maximum atomic E-state index is 13.7. The van der Waals surface area contributed by atoms with Crippen LogP contribution in [0.25, 0.3) is 0 Å². The number of nitrogens with one attached hydrogen (secondary N) is 1. The Labute approximate surface area is 178 Å². The molecule has 0 saturated heterocycles. The number of carbonyl (C=O) groups is 1. The molecule has 1 aromatic rings. The molecule has 1 aromatic carbocycles. The van der Waals surface area contributed by atoms with Crippen LogP contribution in [0.1, 0.15) is 10.4 Å². The molecule has 1 heterocycles. The van der Waals surface area contributed by atoms with Crippen molar-refractivity contribution >= 4 is 40.1 Å². The number of allylic oxidation sites excluding steroid dienone is 1. The molecule has 0 aromatic heterocycles. The predicted octanol–water partition coefficient (Wildman–Crippen LogP) is 5.69. The zero-order valence-electron chi connectivity index (χ0n) is 14.4. The van der Waals surface area contributed by atoms with Crippen molar-refractivity contribution in [3.05, 3.63) is 49.6 Å². The molecule has 1 aliphatic rings. The van der Waals surface area contributed by atoms with Crippen molar-refractivity contribution in [3.63, 3.8) is 0 Å². The molecule has 0 atom stereocenters. The lowest BCUT2D eigenvalue weighted by Crippen LogP contribution is -2.55. The van der Waals surface area contributed by atoms with Gasteiger partial charge in [-0.3, -0.25) is 14.9 Å². The van der Waals surface area contributed by atoms with Crippen LogP contribution in [0.5, 0.6) is 0 Å². The molecule has 0 bridgehead atoms. The Bertz CT molecular complexity index is 1020. The van der Waals surface area contributed by atoms with Crippen LogP contribution < -0.4 is 5.32 Å². The molecule has 0 saturated carbocycles. The lowest BCUT2D eigenvalue weighted by atomic mass is 9.97. The van der Waals surface area contributed by atoms with Gasteiger partial charge in [0, 0.05) is 12.1 Å². The highest BCUT2D eigenvalue weighted by molar-refractivity contribution is 8.17. The number of hydrogen-bond donors (Lipinski definition) is 1. The molecule has 1 amide bonds. The minimum absolute atomic E-state index is 0.616. The lowest BCUT2D eigenvalue weighted by molar-refractivity contribution is -0.384. The standard InChI is InChI=1S/C14H4ClF10N3O3S/c15-6-3-4(28(30)31)1-2-5(6)9(29)26-10-27-11(13(20,21)22,14(23,24)25)8(32-10)7(16)12(17,18)19/h1-3H,(H,26,27,29)/b8-7+. The van der Waals surface area contributed by atoms with E-state index in [2.05, 4.69) is 4.99 Å². The molecule has 1 N–H and O–H groups in total. The highest BCUT2D eigenvalue weighted by Crippen LogP contribution is 2.59. The molecule has 32 heavy (non-hydrogen) atoms. The first kappa shape index (κ1) is 25.7. The van der Waals surface area contributed by atoms with Gasteiger partial charge in [0.05, 0.1) is 20.4 Å². The van der Waals surface area contributed by atoms with Crippen molar-refractivity contribution in [1.82, 2.24) is 5.32 Å². The number of benzene rings is 1. The monoisotopic (exact) mass is 519 g/mol. The van der Waals surface area contributed by atoms with Crippen LogP contribution in [0.4, 0.5) is 49.6 Å². The third-order valence-electron chi connectivity index (χ3n) is 3.69. The minimum Gasteiger partial charge on any atom is -0.301 e. The number of aliphatic imine (C=N–C) groups is 1. The zero-order chi connectivity index (χ0) is 24.9. The number of nitro benzene ring substituents is 1. The second-order valence-corrected chi connectivity index (χ2v) is 7.15. The summed E-state index contributed by atoms with van der Waals surface area (Å²) in [6.07, 6.45) is -19.4. The van der Waals surface area contributed by atoms with E-state index in [1.807, 2.05) is 0 Å². The van der Waals surface area contributed by atoms with Crippen molar-refractivity contribution in [3.8, 4) is 0 Å². The second-order valence-electron chi connectivity index (χ2n) is 5.74. The Kier molecular flexibility index (Phi) is 6.50. The Morgan fingerprint density at radius 2 is 1.62 bits per heavy atom. The number of nitrogens with zero attached hydrogens (tertiary/aromatic N) is 2. The first-order chi connectivity index (χ1) is 14.3. The highest BCUT2D eigenvalue weighted by atomic mass is 35.5. The fourth-order valence-electron chi connectivity index (χ4n) is 2.29. The van der Waals surface area contributed by atoms with Gasteiger partial charge in [-0.1, -0.05) is 23.4 Å². The van der Waals surface area contributed by atoms with E-state index in [1.54, 1.807) is 0 Å².